The molecule has 86 valence electrons. The minimum atomic E-state index is 0. The van der Waals surface area contributed by atoms with Crippen molar-refractivity contribution >= 4 is 24.0 Å². The lowest BCUT2D eigenvalue weighted by molar-refractivity contribution is 0.343. The zero-order valence-corrected chi connectivity index (χ0v) is 11.0. The zero-order chi connectivity index (χ0) is 10.8. The largest absolute Gasteiger partial charge is 0.324 e. The van der Waals surface area contributed by atoms with Crippen molar-refractivity contribution in [2.24, 2.45) is 11.1 Å². The van der Waals surface area contributed by atoms with Gasteiger partial charge in [0, 0.05) is 11.1 Å². The molecule has 1 atom stereocenters. The maximum absolute atomic E-state index is 6.09. The van der Waals surface area contributed by atoms with Crippen molar-refractivity contribution < 1.29 is 0 Å². The molecule has 0 heterocycles. The summed E-state index contributed by atoms with van der Waals surface area (Å²) in [4.78, 5) is 0. The number of benzene rings is 1. The van der Waals surface area contributed by atoms with Crippen molar-refractivity contribution in [2.75, 3.05) is 0 Å². The molecule has 2 N–H and O–H groups in total. The Labute approximate surface area is 103 Å². The third kappa shape index (κ3) is 5.41. The molecule has 0 aromatic heterocycles. The van der Waals surface area contributed by atoms with Gasteiger partial charge in [0.15, 0.2) is 0 Å². The third-order valence-corrected chi connectivity index (χ3v) is 2.34. The predicted octanol–water partition coefficient (Wildman–Crippen LogP) is 4.20. The van der Waals surface area contributed by atoms with Gasteiger partial charge in [-0.05, 0) is 29.5 Å². The Kier molecular flexibility index (Phi) is 5.65. The summed E-state index contributed by atoms with van der Waals surface area (Å²) in [6, 6.07) is 7.86. The van der Waals surface area contributed by atoms with E-state index in [4.69, 9.17) is 17.3 Å². The summed E-state index contributed by atoms with van der Waals surface area (Å²) in [6.45, 7) is 6.58. The van der Waals surface area contributed by atoms with E-state index in [2.05, 4.69) is 20.8 Å². The summed E-state index contributed by atoms with van der Waals surface area (Å²) < 4.78 is 0. The molecule has 0 aliphatic heterocycles. The van der Waals surface area contributed by atoms with E-state index in [-0.39, 0.29) is 23.9 Å². The zero-order valence-electron chi connectivity index (χ0n) is 9.46. The second kappa shape index (κ2) is 5.74. The molecule has 0 aliphatic rings. The van der Waals surface area contributed by atoms with Gasteiger partial charge >= 0.3 is 0 Å². The van der Waals surface area contributed by atoms with Gasteiger partial charge < -0.3 is 5.73 Å². The molecule has 1 nitrogen and oxygen atoms in total. The van der Waals surface area contributed by atoms with E-state index in [9.17, 15) is 0 Å². The highest BCUT2D eigenvalue weighted by molar-refractivity contribution is 6.30. The summed E-state index contributed by atoms with van der Waals surface area (Å²) >= 11 is 5.90. The van der Waals surface area contributed by atoms with Crippen LogP contribution in [0.4, 0.5) is 0 Å². The van der Waals surface area contributed by atoms with Gasteiger partial charge in [0.2, 0.25) is 0 Å². The third-order valence-electron chi connectivity index (χ3n) is 2.11. The van der Waals surface area contributed by atoms with E-state index in [0.29, 0.717) is 0 Å². The van der Waals surface area contributed by atoms with Gasteiger partial charge in [0.1, 0.15) is 0 Å². The monoisotopic (exact) mass is 247 g/mol. The number of hydrogen-bond acceptors (Lipinski definition) is 1. The van der Waals surface area contributed by atoms with Crippen LogP contribution in [-0.4, -0.2) is 0 Å². The Balaban J connectivity index is 0.00000196. The maximum Gasteiger partial charge on any atom is 0.0409 e. The van der Waals surface area contributed by atoms with Gasteiger partial charge in [-0.25, -0.2) is 0 Å². The second-order valence-electron chi connectivity index (χ2n) is 4.93. The molecule has 1 aromatic carbocycles. The summed E-state index contributed by atoms with van der Waals surface area (Å²) in [5.74, 6) is 0. The van der Waals surface area contributed by atoms with Gasteiger partial charge in [0.05, 0.1) is 0 Å². The van der Waals surface area contributed by atoms with Crippen molar-refractivity contribution in [1.82, 2.24) is 0 Å². The molecule has 0 aliphatic carbocycles. The normalized spacial score (nSPS) is 13.1. The Morgan fingerprint density at radius 3 is 2.40 bits per heavy atom. The van der Waals surface area contributed by atoms with Crippen molar-refractivity contribution in [3.05, 3.63) is 34.9 Å². The van der Waals surface area contributed by atoms with Crippen LogP contribution in [0.2, 0.25) is 5.02 Å². The molecule has 1 aromatic rings. The first-order valence-electron chi connectivity index (χ1n) is 4.89. The quantitative estimate of drug-likeness (QED) is 0.834. The first-order valence-corrected chi connectivity index (χ1v) is 5.27. The second-order valence-corrected chi connectivity index (χ2v) is 5.36. The first-order chi connectivity index (χ1) is 6.38. The summed E-state index contributed by atoms with van der Waals surface area (Å²) in [5.41, 5.74) is 7.46. The number of nitrogens with two attached hydrogens (primary N) is 1. The highest BCUT2D eigenvalue weighted by Crippen LogP contribution is 2.28. The molecule has 3 heteroatoms. The number of rotatable bonds is 2. The average molecular weight is 248 g/mol. The smallest absolute Gasteiger partial charge is 0.0409 e. The van der Waals surface area contributed by atoms with Crippen molar-refractivity contribution in [3.63, 3.8) is 0 Å². The van der Waals surface area contributed by atoms with Crippen molar-refractivity contribution in [2.45, 2.75) is 33.2 Å². The minimum Gasteiger partial charge on any atom is -0.324 e. The van der Waals surface area contributed by atoms with Crippen LogP contribution in [0.3, 0.4) is 0 Å². The maximum atomic E-state index is 6.09. The Hall–Kier alpha value is -0.240. The fourth-order valence-corrected chi connectivity index (χ4v) is 1.71. The van der Waals surface area contributed by atoms with Crippen LogP contribution < -0.4 is 5.73 Å². The lowest BCUT2D eigenvalue weighted by atomic mass is 9.86. The molecule has 0 spiro atoms. The Morgan fingerprint density at radius 2 is 1.93 bits per heavy atom. The van der Waals surface area contributed by atoms with Gasteiger partial charge in [-0.15, -0.1) is 12.4 Å². The summed E-state index contributed by atoms with van der Waals surface area (Å²) in [7, 11) is 0. The molecule has 0 fully saturated rings. The SMILES string of the molecule is CC(C)(C)CC(N)c1cccc(Cl)c1.Cl. The topological polar surface area (TPSA) is 26.0 Å². The Bertz CT molecular complexity index is 305. The van der Waals surface area contributed by atoms with Crippen LogP contribution in [0.15, 0.2) is 24.3 Å². The van der Waals surface area contributed by atoms with Gasteiger partial charge in [0.25, 0.3) is 0 Å². The fraction of sp³-hybridized carbons (Fsp3) is 0.500. The van der Waals surface area contributed by atoms with Gasteiger partial charge in [-0.2, -0.15) is 0 Å². The molecule has 1 unspecified atom stereocenters. The Morgan fingerprint density at radius 1 is 1.33 bits per heavy atom. The highest BCUT2D eigenvalue weighted by atomic mass is 35.5. The number of hydrogen-bond donors (Lipinski definition) is 1. The van der Waals surface area contributed by atoms with Crippen molar-refractivity contribution in [1.29, 1.82) is 0 Å². The van der Waals surface area contributed by atoms with E-state index >= 15 is 0 Å². The molecule has 0 amide bonds. The van der Waals surface area contributed by atoms with Crippen LogP contribution in [0.5, 0.6) is 0 Å². The van der Waals surface area contributed by atoms with Crippen LogP contribution in [-0.2, 0) is 0 Å². The van der Waals surface area contributed by atoms with E-state index in [1.807, 2.05) is 24.3 Å². The van der Waals surface area contributed by atoms with E-state index in [0.717, 1.165) is 17.0 Å². The first kappa shape index (κ1) is 14.8. The lowest BCUT2D eigenvalue weighted by Crippen LogP contribution is -2.18. The lowest BCUT2D eigenvalue weighted by Gasteiger charge is -2.23. The van der Waals surface area contributed by atoms with Gasteiger partial charge in [-0.3, -0.25) is 0 Å². The fourth-order valence-electron chi connectivity index (χ4n) is 1.51. The van der Waals surface area contributed by atoms with Crippen LogP contribution >= 0.6 is 24.0 Å². The molecular formula is C12H19Cl2N. The molecule has 1 rings (SSSR count). The van der Waals surface area contributed by atoms with Crippen LogP contribution in [0.1, 0.15) is 38.8 Å². The van der Waals surface area contributed by atoms with Crippen LogP contribution in [0, 0.1) is 5.41 Å². The minimum absolute atomic E-state index is 0. The van der Waals surface area contributed by atoms with E-state index in [1.54, 1.807) is 0 Å². The molecular weight excluding hydrogens is 229 g/mol. The molecule has 0 saturated heterocycles. The molecule has 0 saturated carbocycles. The molecule has 15 heavy (non-hydrogen) atoms. The van der Waals surface area contributed by atoms with E-state index < -0.39 is 0 Å². The predicted molar refractivity (Wildman–Crippen MR) is 69.7 cm³/mol. The highest BCUT2D eigenvalue weighted by Gasteiger charge is 2.16. The summed E-state index contributed by atoms with van der Waals surface area (Å²) in [5, 5.41) is 0.756. The molecule has 0 bridgehead atoms. The van der Waals surface area contributed by atoms with Gasteiger partial charge in [-0.1, -0.05) is 44.5 Å². The molecule has 0 radical (unpaired) electrons. The van der Waals surface area contributed by atoms with Crippen LogP contribution in [0.25, 0.3) is 0 Å². The van der Waals surface area contributed by atoms with E-state index in [1.165, 1.54) is 0 Å². The summed E-state index contributed by atoms with van der Waals surface area (Å²) in [6.07, 6.45) is 0.966. The average Bonchev–Trinajstić information content (AvgIpc) is 2.01. The van der Waals surface area contributed by atoms with Crippen molar-refractivity contribution in [3.8, 4) is 0 Å². The standard InChI is InChI=1S/C12H18ClN.ClH/c1-12(2,3)8-11(14)9-5-4-6-10(13)7-9;/h4-7,11H,8,14H2,1-3H3;1H. The number of halogens is 2.